The van der Waals surface area contributed by atoms with Crippen LogP contribution in [-0.2, 0) is 35.3 Å². The molecule has 0 spiro atoms. The van der Waals surface area contributed by atoms with E-state index in [4.69, 9.17) is 0 Å². The van der Waals surface area contributed by atoms with Crippen molar-refractivity contribution < 1.29 is 9.59 Å². The van der Waals surface area contributed by atoms with Gasteiger partial charge in [-0.25, -0.2) is 4.98 Å². The van der Waals surface area contributed by atoms with Gasteiger partial charge >= 0.3 is 0 Å². The molecular weight excluding hydrogens is 378 g/mol. The van der Waals surface area contributed by atoms with E-state index in [1.54, 1.807) is 11.3 Å². The quantitative estimate of drug-likeness (QED) is 0.659. The molecule has 0 saturated carbocycles. The normalized spacial score (nSPS) is 12.6. The van der Waals surface area contributed by atoms with Crippen molar-refractivity contribution in [1.82, 2.24) is 4.98 Å². The number of hydrogen-bond acceptors (Lipinski definition) is 5. The van der Waals surface area contributed by atoms with Gasteiger partial charge in [-0.2, -0.15) is 0 Å². The fourth-order valence-corrected chi connectivity index (χ4v) is 4.63. The molecule has 138 valence electrons. The molecule has 5 nitrogen and oxygen atoms in total. The number of carbonyl (C=O) groups is 2. The summed E-state index contributed by atoms with van der Waals surface area (Å²) in [5.41, 5.74) is 4.21. The molecule has 2 N–H and O–H groups in total. The van der Waals surface area contributed by atoms with E-state index >= 15 is 0 Å². The number of thiophene rings is 1. The minimum Gasteiger partial charge on any atom is -0.326 e. The van der Waals surface area contributed by atoms with Gasteiger partial charge in [-0.05, 0) is 54.0 Å². The van der Waals surface area contributed by atoms with Crippen molar-refractivity contribution in [3.63, 3.8) is 0 Å². The van der Waals surface area contributed by atoms with Crippen molar-refractivity contribution in [1.29, 1.82) is 0 Å². The summed E-state index contributed by atoms with van der Waals surface area (Å²) >= 11 is 2.89. The first-order valence-electron chi connectivity index (χ1n) is 8.84. The molecule has 3 aromatic rings. The molecule has 0 saturated heterocycles. The van der Waals surface area contributed by atoms with E-state index in [9.17, 15) is 9.59 Å². The maximum atomic E-state index is 12.3. The van der Waals surface area contributed by atoms with Crippen molar-refractivity contribution in [2.24, 2.45) is 0 Å². The molecule has 1 aliphatic rings. The summed E-state index contributed by atoms with van der Waals surface area (Å²) in [5.74, 6) is -0.198. The van der Waals surface area contributed by atoms with E-state index in [1.165, 1.54) is 28.9 Å². The van der Waals surface area contributed by atoms with E-state index in [1.807, 2.05) is 29.0 Å². The number of aryl methyl sites for hydroxylation is 2. The average molecular weight is 398 g/mol. The van der Waals surface area contributed by atoms with Gasteiger partial charge in [-0.15, -0.1) is 22.7 Å². The maximum absolute atomic E-state index is 12.3. The van der Waals surface area contributed by atoms with Crippen LogP contribution < -0.4 is 10.6 Å². The number of benzene rings is 1. The Hall–Kier alpha value is -2.51. The number of amides is 2. The maximum Gasteiger partial charge on any atom is 0.231 e. The molecule has 0 fully saturated rings. The predicted octanol–water partition coefficient (Wildman–Crippen LogP) is 4.06. The monoisotopic (exact) mass is 397 g/mol. The van der Waals surface area contributed by atoms with Crippen LogP contribution in [0.25, 0.3) is 0 Å². The predicted molar refractivity (Wildman–Crippen MR) is 110 cm³/mol. The smallest absolute Gasteiger partial charge is 0.231 e. The number of thiazole rings is 1. The van der Waals surface area contributed by atoms with Crippen LogP contribution in [0.2, 0.25) is 0 Å². The summed E-state index contributed by atoms with van der Waals surface area (Å²) in [6, 6.07) is 9.98. The van der Waals surface area contributed by atoms with Crippen LogP contribution in [0.5, 0.6) is 0 Å². The molecule has 2 heterocycles. The van der Waals surface area contributed by atoms with Crippen molar-refractivity contribution in [2.75, 3.05) is 10.6 Å². The van der Waals surface area contributed by atoms with Gasteiger partial charge < -0.3 is 10.6 Å². The first-order chi connectivity index (χ1) is 13.2. The first kappa shape index (κ1) is 17.9. The standard InChI is InChI=1S/C20H19N3O2S2/c24-18(21-15-7-6-13-3-1-4-14(13)9-15)10-16-12-27-20(22-16)23-19(25)11-17-5-2-8-26-17/h2,5-9,12H,1,3-4,10-11H2,(H,21,24)(H,22,23,25). The minimum absolute atomic E-state index is 0.0963. The lowest BCUT2D eigenvalue weighted by atomic mass is 10.1. The molecule has 0 aliphatic heterocycles. The van der Waals surface area contributed by atoms with Gasteiger partial charge in [0.15, 0.2) is 5.13 Å². The summed E-state index contributed by atoms with van der Waals surface area (Å²) in [7, 11) is 0. The number of anilines is 2. The van der Waals surface area contributed by atoms with Gasteiger partial charge in [0.2, 0.25) is 11.8 Å². The van der Waals surface area contributed by atoms with Crippen LogP contribution >= 0.6 is 22.7 Å². The summed E-state index contributed by atoms with van der Waals surface area (Å²) < 4.78 is 0. The van der Waals surface area contributed by atoms with Crippen LogP contribution in [0.4, 0.5) is 10.8 Å². The number of fused-ring (bicyclic) bond motifs is 1. The van der Waals surface area contributed by atoms with E-state index < -0.39 is 0 Å². The first-order valence-corrected chi connectivity index (χ1v) is 10.6. The van der Waals surface area contributed by atoms with E-state index in [0.29, 0.717) is 17.2 Å². The zero-order chi connectivity index (χ0) is 18.6. The second kappa shape index (κ2) is 8.02. The van der Waals surface area contributed by atoms with Crippen LogP contribution in [0.15, 0.2) is 41.1 Å². The van der Waals surface area contributed by atoms with E-state index in [-0.39, 0.29) is 18.2 Å². The second-order valence-electron chi connectivity index (χ2n) is 6.51. The molecule has 4 rings (SSSR count). The van der Waals surface area contributed by atoms with Crippen molar-refractivity contribution in [2.45, 2.75) is 32.1 Å². The van der Waals surface area contributed by atoms with Gasteiger partial charge in [-0.1, -0.05) is 12.1 Å². The fraction of sp³-hybridized carbons (Fsp3) is 0.250. The number of nitrogens with one attached hydrogen (secondary N) is 2. The highest BCUT2D eigenvalue weighted by Gasteiger charge is 2.13. The van der Waals surface area contributed by atoms with Gasteiger partial charge in [0.1, 0.15) is 0 Å². The molecule has 0 unspecified atom stereocenters. The third-order valence-electron chi connectivity index (χ3n) is 4.44. The topological polar surface area (TPSA) is 71.1 Å². The van der Waals surface area contributed by atoms with E-state index in [0.717, 1.165) is 23.4 Å². The van der Waals surface area contributed by atoms with Crippen LogP contribution in [0.3, 0.4) is 0 Å². The Morgan fingerprint density at radius 1 is 1.00 bits per heavy atom. The lowest BCUT2D eigenvalue weighted by molar-refractivity contribution is -0.116. The molecule has 27 heavy (non-hydrogen) atoms. The Balaban J connectivity index is 1.30. The Bertz CT molecular complexity index is 964. The SMILES string of the molecule is O=C(Cc1csc(NC(=O)Cc2cccs2)n1)Nc1ccc2c(c1)CCC2. The Morgan fingerprint density at radius 2 is 1.85 bits per heavy atom. The fourth-order valence-electron chi connectivity index (χ4n) is 3.20. The molecule has 2 amide bonds. The number of rotatable bonds is 6. The highest BCUT2D eigenvalue weighted by molar-refractivity contribution is 7.14. The lowest BCUT2D eigenvalue weighted by Crippen LogP contribution is -2.15. The largest absolute Gasteiger partial charge is 0.326 e. The van der Waals surface area contributed by atoms with Crippen LogP contribution in [0, 0.1) is 0 Å². The molecule has 0 bridgehead atoms. The summed E-state index contributed by atoms with van der Waals surface area (Å²) in [6.45, 7) is 0. The highest BCUT2D eigenvalue weighted by Crippen LogP contribution is 2.25. The number of aromatic nitrogens is 1. The minimum atomic E-state index is -0.102. The third-order valence-corrected chi connectivity index (χ3v) is 6.12. The molecular formula is C20H19N3O2S2. The number of hydrogen-bond donors (Lipinski definition) is 2. The Morgan fingerprint density at radius 3 is 2.70 bits per heavy atom. The third kappa shape index (κ3) is 4.61. The molecule has 7 heteroatoms. The average Bonchev–Trinajstić information content (AvgIpc) is 3.36. The lowest BCUT2D eigenvalue weighted by Gasteiger charge is -2.06. The number of nitrogens with zero attached hydrogens (tertiary/aromatic N) is 1. The highest BCUT2D eigenvalue weighted by atomic mass is 32.1. The van der Waals surface area contributed by atoms with E-state index in [2.05, 4.69) is 27.8 Å². The zero-order valence-corrected chi connectivity index (χ0v) is 16.3. The Labute approximate surface area is 165 Å². The summed E-state index contributed by atoms with van der Waals surface area (Å²) in [5, 5.41) is 10.0. The van der Waals surface area contributed by atoms with Gasteiger partial charge in [-0.3, -0.25) is 9.59 Å². The van der Waals surface area contributed by atoms with Gasteiger partial charge in [0, 0.05) is 15.9 Å². The van der Waals surface area contributed by atoms with Crippen LogP contribution in [0.1, 0.15) is 28.1 Å². The molecule has 1 aromatic carbocycles. The second-order valence-corrected chi connectivity index (χ2v) is 8.40. The van der Waals surface area contributed by atoms with Gasteiger partial charge in [0.25, 0.3) is 0 Å². The summed E-state index contributed by atoms with van der Waals surface area (Å²) in [4.78, 5) is 29.7. The van der Waals surface area contributed by atoms with Crippen molar-refractivity contribution in [3.8, 4) is 0 Å². The van der Waals surface area contributed by atoms with Gasteiger partial charge in [0.05, 0.1) is 18.5 Å². The zero-order valence-electron chi connectivity index (χ0n) is 14.7. The molecule has 0 atom stereocenters. The molecule has 1 aliphatic carbocycles. The van der Waals surface area contributed by atoms with Crippen molar-refractivity contribution >= 4 is 45.3 Å². The van der Waals surface area contributed by atoms with Crippen LogP contribution in [-0.4, -0.2) is 16.8 Å². The molecule has 0 radical (unpaired) electrons. The Kier molecular flexibility index (Phi) is 5.31. The number of carbonyl (C=O) groups excluding carboxylic acids is 2. The molecule has 2 aromatic heterocycles. The van der Waals surface area contributed by atoms with Crippen molar-refractivity contribution in [3.05, 3.63) is 62.8 Å². The summed E-state index contributed by atoms with van der Waals surface area (Å²) in [6.07, 6.45) is 3.93.